The Balaban J connectivity index is 2.58. The Bertz CT molecular complexity index is 192. The van der Waals surface area contributed by atoms with Gasteiger partial charge in [-0.2, -0.15) is 0 Å². The van der Waals surface area contributed by atoms with Crippen LogP contribution < -0.4 is 0 Å². The van der Waals surface area contributed by atoms with Crippen molar-refractivity contribution in [2.24, 2.45) is 0 Å². The molecule has 0 N–H and O–H groups in total. The number of ether oxygens (including phenoxy) is 1. The molecule has 0 saturated carbocycles. The van der Waals surface area contributed by atoms with Gasteiger partial charge in [0.25, 0.3) is 0 Å². The van der Waals surface area contributed by atoms with Gasteiger partial charge in [-0.3, -0.25) is 4.79 Å². The predicted octanol–water partition coefficient (Wildman–Crippen LogP) is 1.82. The molecule has 0 aromatic rings. The van der Waals surface area contributed by atoms with Gasteiger partial charge >= 0.3 is 0 Å². The van der Waals surface area contributed by atoms with Crippen LogP contribution in [0.1, 0.15) is 19.8 Å². The van der Waals surface area contributed by atoms with E-state index in [4.69, 9.17) is 4.74 Å². The van der Waals surface area contributed by atoms with Crippen LogP contribution in [0.2, 0.25) is 0 Å². The second kappa shape index (κ2) is 3.96. The van der Waals surface area contributed by atoms with Crippen molar-refractivity contribution in [3.63, 3.8) is 0 Å². The predicted molar refractivity (Wildman–Crippen MR) is 43.1 cm³/mol. The summed E-state index contributed by atoms with van der Waals surface area (Å²) in [5, 5.41) is 0. The maximum atomic E-state index is 10.4. The quantitative estimate of drug-likeness (QED) is 0.423. The van der Waals surface area contributed by atoms with Crippen molar-refractivity contribution >= 4 is 6.29 Å². The zero-order chi connectivity index (χ0) is 8.10. The zero-order valence-electron chi connectivity index (χ0n) is 6.62. The van der Waals surface area contributed by atoms with Crippen LogP contribution in [0.5, 0.6) is 0 Å². The summed E-state index contributed by atoms with van der Waals surface area (Å²) in [4.78, 5) is 10.4. The van der Waals surface area contributed by atoms with Crippen LogP contribution in [0.25, 0.3) is 0 Å². The van der Waals surface area contributed by atoms with Gasteiger partial charge in [-0.05, 0) is 25.8 Å². The topological polar surface area (TPSA) is 26.3 Å². The Morgan fingerprint density at radius 3 is 3.27 bits per heavy atom. The highest BCUT2D eigenvalue weighted by Gasteiger charge is 2.00. The van der Waals surface area contributed by atoms with E-state index in [9.17, 15) is 4.79 Å². The molecule has 60 valence electrons. The monoisotopic (exact) mass is 152 g/mol. The maximum Gasteiger partial charge on any atom is 0.149 e. The van der Waals surface area contributed by atoms with E-state index in [1.165, 1.54) is 0 Å². The number of carbonyl (C=O) groups excluding carboxylic acids is 1. The molecule has 0 spiro atoms. The van der Waals surface area contributed by atoms with Gasteiger partial charge in [0.15, 0.2) is 0 Å². The largest absolute Gasteiger partial charge is 0.494 e. The highest BCUT2D eigenvalue weighted by Crippen LogP contribution is 2.09. The molecule has 0 amide bonds. The van der Waals surface area contributed by atoms with E-state index in [1.807, 2.05) is 19.1 Å². The minimum absolute atomic E-state index is 0.0882. The highest BCUT2D eigenvalue weighted by molar-refractivity contribution is 5.72. The molecule has 0 aliphatic carbocycles. The van der Waals surface area contributed by atoms with Crippen molar-refractivity contribution < 1.29 is 9.53 Å². The van der Waals surface area contributed by atoms with E-state index < -0.39 is 0 Å². The molecule has 1 aliphatic heterocycles. The second-order valence-electron chi connectivity index (χ2n) is 2.62. The van der Waals surface area contributed by atoms with Crippen LogP contribution in [0, 0.1) is 0 Å². The molecule has 1 unspecified atom stereocenters. The van der Waals surface area contributed by atoms with Crippen molar-refractivity contribution in [1.29, 1.82) is 0 Å². The number of carbonyl (C=O) groups is 1. The van der Waals surface area contributed by atoms with Gasteiger partial charge in [-0.1, -0.05) is 6.08 Å². The van der Waals surface area contributed by atoms with Crippen molar-refractivity contribution in [1.82, 2.24) is 0 Å². The van der Waals surface area contributed by atoms with Crippen LogP contribution in [-0.4, -0.2) is 12.4 Å². The van der Waals surface area contributed by atoms with Crippen molar-refractivity contribution in [2.45, 2.75) is 25.9 Å². The summed E-state index contributed by atoms with van der Waals surface area (Å²) in [6, 6.07) is 0. The highest BCUT2D eigenvalue weighted by atomic mass is 16.5. The summed E-state index contributed by atoms with van der Waals surface area (Å²) in [7, 11) is 0. The Labute approximate surface area is 66.5 Å². The fraction of sp³-hybridized carbons (Fsp3) is 0.444. The summed E-state index contributed by atoms with van der Waals surface area (Å²) < 4.78 is 5.21. The third-order valence-electron chi connectivity index (χ3n) is 1.59. The molecule has 0 aromatic heterocycles. The standard InChI is InChI=1S/C9H12O2/c1-8-4-2-3-5-9(6-10)7-11-8/h2,4,6-8H,3,5H2,1H3/b4-2-,9-7+. The lowest BCUT2D eigenvalue weighted by Gasteiger charge is -2.09. The lowest BCUT2D eigenvalue weighted by atomic mass is 10.1. The summed E-state index contributed by atoms with van der Waals surface area (Å²) in [6.45, 7) is 1.95. The number of hydrogen-bond donors (Lipinski definition) is 0. The Hall–Kier alpha value is -1.05. The molecule has 0 aromatic carbocycles. The lowest BCUT2D eigenvalue weighted by Crippen LogP contribution is -2.02. The van der Waals surface area contributed by atoms with Crippen molar-refractivity contribution in [2.75, 3.05) is 0 Å². The molecular weight excluding hydrogens is 140 g/mol. The van der Waals surface area contributed by atoms with Crippen LogP contribution >= 0.6 is 0 Å². The van der Waals surface area contributed by atoms with Gasteiger partial charge in [-0.15, -0.1) is 0 Å². The SMILES string of the molecule is CC1/C=C\CC/C(C=O)=C\O1. The molecule has 2 nitrogen and oxygen atoms in total. The maximum absolute atomic E-state index is 10.4. The number of hydrogen-bond acceptors (Lipinski definition) is 2. The summed E-state index contributed by atoms with van der Waals surface area (Å²) in [5.74, 6) is 0. The van der Waals surface area contributed by atoms with Crippen molar-refractivity contribution in [3.8, 4) is 0 Å². The van der Waals surface area contributed by atoms with E-state index in [0.717, 1.165) is 24.7 Å². The molecule has 1 aliphatic rings. The lowest BCUT2D eigenvalue weighted by molar-refractivity contribution is -0.105. The first kappa shape index (κ1) is 8.05. The Morgan fingerprint density at radius 2 is 2.55 bits per heavy atom. The van der Waals surface area contributed by atoms with Crippen LogP contribution in [0.3, 0.4) is 0 Å². The van der Waals surface area contributed by atoms with E-state index in [-0.39, 0.29) is 6.10 Å². The van der Waals surface area contributed by atoms with E-state index >= 15 is 0 Å². The van der Waals surface area contributed by atoms with Crippen LogP contribution in [0.4, 0.5) is 0 Å². The summed E-state index contributed by atoms with van der Waals surface area (Å²) >= 11 is 0. The average Bonchev–Trinajstić information content (AvgIpc) is 1.98. The van der Waals surface area contributed by atoms with E-state index in [1.54, 1.807) is 6.26 Å². The average molecular weight is 152 g/mol. The Morgan fingerprint density at radius 1 is 1.73 bits per heavy atom. The molecular formula is C9H12O2. The van der Waals surface area contributed by atoms with Crippen LogP contribution in [0.15, 0.2) is 24.0 Å². The molecule has 1 atom stereocenters. The first-order valence-electron chi connectivity index (χ1n) is 3.79. The fourth-order valence-corrected chi connectivity index (χ4v) is 0.924. The number of aldehydes is 1. The van der Waals surface area contributed by atoms with Gasteiger partial charge in [0.1, 0.15) is 12.4 Å². The summed E-state index contributed by atoms with van der Waals surface area (Å²) in [6.07, 6.45) is 8.25. The minimum atomic E-state index is 0.0882. The van der Waals surface area contributed by atoms with Gasteiger partial charge in [-0.25, -0.2) is 0 Å². The molecule has 0 radical (unpaired) electrons. The molecule has 0 saturated heterocycles. The molecule has 0 bridgehead atoms. The number of rotatable bonds is 1. The zero-order valence-corrected chi connectivity index (χ0v) is 6.62. The van der Waals surface area contributed by atoms with Gasteiger partial charge in [0.2, 0.25) is 0 Å². The normalized spacial score (nSPS) is 32.1. The van der Waals surface area contributed by atoms with Gasteiger partial charge in [0.05, 0.1) is 6.26 Å². The first-order valence-corrected chi connectivity index (χ1v) is 3.79. The first-order chi connectivity index (χ1) is 5.33. The third kappa shape index (κ3) is 2.58. The third-order valence-corrected chi connectivity index (χ3v) is 1.59. The molecule has 0 fully saturated rings. The van der Waals surface area contributed by atoms with E-state index in [0.29, 0.717) is 0 Å². The minimum Gasteiger partial charge on any atom is -0.494 e. The summed E-state index contributed by atoms with van der Waals surface area (Å²) in [5.41, 5.74) is 0.737. The van der Waals surface area contributed by atoms with Crippen molar-refractivity contribution in [3.05, 3.63) is 24.0 Å². The molecule has 11 heavy (non-hydrogen) atoms. The van der Waals surface area contributed by atoms with Crippen LogP contribution in [-0.2, 0) is 9.53 Å². The smallest absolute Gasteiger partial charge is 0.149 e. The Kier molecular flexibility index (Phi) is 2.90. The molecule has 2 heteroatoms. The fourth-order valence-electron chi connectivity index (χ4n) is 0.924. The molecule has 1 heterocycles. The molecule has 1 rings (SSSR count). The van der Waals surface area contributed by atoms with Gasteiger partial charge < -0.3 is 4.74 Å². The number of allylic oxidation sites excluding steroid dienone is 2. The van der Waals surface area contributed by atoms with Gasteiger partial charge in [0, 0.05) is 5.57 Å². The second-order valence-corrected chi connectivity index (χ2v) is 2.62. The van der Waals surface area contributed by atoms with E-state index in [2.05, 4.69) is 0 Å².